The van der Waals surface area contributed by atoms with Gasteiger partial charge in [0, 0.05) is 56.8 Å². The number of Topliss-reactive ketones (excluding diaryl/α,β-unsaturated/α-hetero) is 1. The van der Waals surface area contributed by atoms with E-state index >= 15 is 0 Å². The van der Waals surface area contributed by atoms with Crippen LogP contribution in [-0.4, -0.2) is 77.3 Å². The van der Waals surface area contributed by atoms with E-state index in [4.69, 9.17) is 18.9 Å². The molecule has 1 saturated heterocycles. The minimum absolute atomic E-state index is 0.0796. The maximum atomic E-state index is 14.3. The molecule has 6 aliphatic rings. The Morgan fingerprint density at radius 1 is 1.09 bits per heavy atom. The van der Waals surface area contributed by atoms with E-state index in [0.29, 0.717) is 5.92 Å². The van der Waals surface area contributed by atoms with E-state index in [0.717, 1.165) is 62.8 Å². The molecule has 1 spiro atoms. The number of hydrogen-bond donors (Lipinski definition) is 0. The number of fused-ring (bicyclic) bond motifs is 1. The van der Waals surface area contributed by atoms with E-state index in [9.17, 15) is 4.79 Å². The molecule has 1 aliphatic heterocycles. The van der Waals surface area contributed by atoms with Crippen molar-refractivity contribution in [2.45, 2.75) is 50.9 Å². The van der Waals surface area contributed by atoms with Gasteiger partial charge in [-0.3, -0.25) is 4.79 Å². The van der Waals surface area contributed by atoms with Gasteiger partial charge < -0.3 is 23.8 Å². The first-order chi connectivity index (χ1) is 15.3. The average molecular weight is 512 g/mol. The van der Waals surface area contributed by atoms with Crippen molar-refractivity contribution >= 4 is 21.7 Å². The number of allylic oxidation sites excluding steroid dienone is 1. The molecule has 4 fully saturated rings. The fourth-order valence-electron chi connectivity index (χ4n) is 9.21. The zero-order chi connectivity index (χ0) is 22.9. The van der Waals surface area contributed by atoms with Crippen molar-refractivity contribution < 1.29 is 23.7 Å². The van der Waals surface area contributed by atoms with Crippen LogP contribution in [0.25, 0.3) is 0 Å². The number of likely N-dealkylation sites (tertiary alicyclic amines) is 1. The largest absolute Gasteiger partial charge is 0.384 e. The first-order valence-corrected chi connectivity index (χ1v) is 12.9. The first-order valence-electron chi connectivity index (χ1n) is 12.1. The Balaban J connectivity index is 1.70. The number of rotatable bonds is 6. The number of carbonyl (C=O) groups excluding carboxylic acids is 1. The molecule has 0 aromatic rings. The number of hydrogen-bond acceptors (Lipinski definition) is 6. The van der Waals surface area contributed by atoms with Crippen molar-refractivity contribution in [2.75, 3.05) is 54.7 Å². The van der Waals surface area contributed by atoms with Gasteiger partial charge >= 0.3 is 0 Å². The van der Waals surface area contributed by atoms with E-state index in [2.05, 4.69) is 33.8 Å². The van der Waals surface area contributed by atoms with Crippen molar-refractivity contribution in [1.29, 1.82) is 0 Å². The molecule has 5 aliphatic carbocycles. The second-order valence-corrected chi connectivity index (χ2v) is 11.8. The van der Waals surface area contributed by atoms with E-state index in [1.54, 1.807) is 14.2 Å². The normalized spacial score (nSPS) is 47.1. The average Bonchev–Trinajstić information content (AvgIpc) is 2.79. The molecule has 4 bridgehead atoms. The van der Waals surface area contributed by atoms with Crippen LogP contribution in [0.4, 0.5) is 0 Å². The van der Waals surface area contributed by atoms with Crippen LogP contribution in [-0.2, 0) is 23.7 Å². The Bertz CT molecular complexity index is 814. The molecule has 7 heteroatoms. The zero-order valence-corrected chi connectivity index (χ0v) is 21.7. The van der Waals surface area contributed by atoms with Crippen molar-refractivity contribution in [3.63, 3.8) is 0 Å². The lowest BCUT2D eigenvalue weighted by molar-refractivity contribution is -0.292. The highest BCUT2D eigenvalue weighted by Gasteiger charge is 2.76. The van der Waals surface area contributed by atoms with E-state index in [-0.39, 0.29) is 34.6 Å². The summed E-state index contributed by atoms with van der Waals surface area (Å²) < 4.78 is 25.0. The number of halogens is 1. The van der Waals surface area contributed by atoms with E-state index in [1.807, 2.05) is 14.2 Å². The van der Waals surface area contributed by atoms with Gasteiger partial charge in [0.1, 0.15) is 0 Å². The summed E-state index contributed by atoms with van der Waals surface area (Å²) in [7, 11) is 6.93. The van der Waals surface area contributed by atoms with Gasteiger partial charge in [0.25, 0.3) is 0 Å². The smallest absolute Gasteiger partial charge is 0.236 e. The molecule has 3 saturated carbocycles. The topological polar surface area (TPSA) is 57.2 Å². The van der Waals surface area contributed by atoms with Crippen molar-refractivity contribution in [1.82, 2.24) is 4.90 Å². The Labute approximate surface area is 200 Å². The van der Waals surface area contributed by atoms with Gasteiger partial charge in [-0.1, -0.05) is 28.9 Å². The van der Waals surface area contributed by atoms with Crippen molar-refractivity contribution in [3.8, 4) is 0 Å². The molecular weight excluding hydrogens is 474 g/mol. The molecule has 180 valence electrons. The van der Waals surface area contributed by atoms with Crippen LogP contribution in [0.5, 0.6) is 0 Å². The number of ether oxygens (including phenoxy) is 4. The minimum atomic E-state index is -1.20. The molecule has 0 aromatic carbocycles. The maximum Gasteiger partial charge on any atom is 0.236 e. The van der Waals surface area contributed by atoms with Gasteiger partial charge in [-0.15, -0.1) is 0 Å². The second-order valence-electron chi connectivity index (χ2n) is 10.9. The van der Waals surface area contributed by atoms with Crippen LogP contribution in [0.1, 0.15) is 39.0 Å². The number of nitrogens with zero attached hydrogens (tertiary/aromatic N) is 1. The Hall–Kier alpha value is -0.310. The van der Waals surface area contributed by atoms with E-state index < -0.39 is 11.2 Å². The Morgan fingerprint density at radius 2 is 1.84 bits per heavy atom. The summed E-state index contributed by atoms with van der Waals surface area (Å²) in [6.45, 7) is 6.11. The Kier molecular flexibility index (Phi) is 5.75. The summed E-state index contributed by atoms with van der Waals surface area (Å²) >= 11 is 3.82. The predicted octanol–water partition coefficient (Wildman–Crippen LogP) is 3.63. The molecule has 6 nitrogen and oxygen atoms in total. The third kappa shape index (κ3) is 2.61. The fourth-order valence-corrected chi connectivity index (χ4v) is 10.1. The highest BCUT2D eigenvalue weighted by molar-refractivity contribution is 9.11. The van der Waals surface area contributed by atoms with Crippen molar-refractivity contribution in [2.24, 2.45) is 34.0 Å². The molecule has 0 radical (unpaired) electrons. The third-order valence-corrected chi connectivity index (χ3v) is 11.0. The Morgan fingerprint density at radius 3 is 2.47 bits per heavy atom. The summed E-state index contributed by atoms with van der Waals surface area (Å²) in [5.41, 5.74) is -0.538. The lowest BCUT2D eigenvalue weighted by Gasteiger charge is -2.73. The highest BCUT2D eigenvalue weighted by Crippen LogP contribution is 2.73. The van der Waals surface area contributed by atoms with E-state index in [1.165, 1.54) is 0 Å². The number of piperidine rings is 1. The van der Waals surface area contributed by atoms with Crippen LogP contribution in [0.15, 0.2) is 10.6 Å². The van der Waals surface area contributed by atoms with Gasteiger partial charge in [-0.05, 0) is 50.5 Å². The molecule has 0 N–H and O–H groups in total. The second kappa shape index (κ2) is 7.85. The molecule has 0 unspecified atom stereocenters. The van der Waals surface area contributed by atoms with Gasteiger partial charge in [0.2, 0.25) is 11.6 Å². The zero-order valence-electron chi connectivity index (χ0n) is 20.1. The molecule has 32 heavy (non-hydrogen) atoms. The molecular formula is C25H38BrNO5. The maximum absolute atomic E-state index is 14.3. The standard InChI is InChI=1S/C25H38BrNO5/c1-6-27-13-22(15-29-2)9-8-20(30-3)24(14-27)18(22)7-10-23-12-17(26)16(11-19(23)24)25(31-4,32-5)21(23)28/h12,16,18-20H,6-11,13-15H2,1-5H3/t16-,18-,19+,20+,22+,23-,24-/m1/s1. The van der Waals surface area contributed by atoms with Crippen LogP contribution in [0, 0.1) is 34.0 Å². The highest BCUT2D eigenvalue weighted by atomic mass is 79.9. The minimum Gasteiger partial charge on any atom is -0.384 e. The third-order valence-electron chi connectivity index (χ3n) is 10.2. The molecule has 1 heterocycles. The van der Waals surface area contributed by atoms with Gasteiger partial charge in [0.05, 0.1) is 24.0 Å². The predicted molar refractivity (Wildman–Crippen MR) is 124 cm³/mol. The lowest BCUT2D eigenvalue weighted by Crippen LogP contribution is -2.77. The SMILES string of the molecule is CCN1C[C@]2(COC)CC[C@H](OC)[C@]3(C1)[C@@H]2CC[C@@]12C=C(Br)[C@@H](C[C@H]31)C(OC)(OC)C2=O. The summed E-state index contributed by atoms with van der Waals surface area (Å²) in [5.74, 6) is -0.516. The first kappa shape index (κ1) is 23.4. The summed E-state index contributed by atoms with van der Waals surface area (Å²) in [6.07, 6.45) is 7.26. The van der Waals surface area contributed by atoms with Crippen LogP contribution in [0.2, 0.25) is 0 Å². The molecule has 0 amide bonds. The van der Waals surface area contributed by atoms with Gasteiger partial charge in [-0.25, -0.2) is 0 Å². The molecule has 0 aromatic heterocycles. The number of methoxy groups -OCH3 is 4. The monoisotopic (exact) mass is 511 g/mol. The van der Waals surface area contributed by atoms with Crippen molar-refractivity contribution in [3.05, 3.63) is 10.6 Å². The number of carbonyl (C=O) groups is 1. The molecule has 7 atom stereocenters. The van der Waals surface area contributed by atoms with Crippen LogP contribution < -0.4 is 0 Å². The van der Waals surface area contributed by atoms with Crippen LogP contribution in [0.3, 0.4) is 0 Å². The summed E-state index contributed by atoms with van der Waals surface area (Å²) in [4.78, 5) is 16.9. The lowest BCUT2D eigenvalue weighted by atomic mass is 9.35. The molecule has 6 rings (SSSR count). The van der Waals surface area contributed by atoms with Crippen LogP contribution >= 0.6 is 15.9 Å². The van der Waals surface area contributed by atoms with Gasteiger partial charge in [0.15, 0.2) is 0 Å². The van der Waals surface area contributed by atoms with Gasteiger partial charge in [-0.2, -0.15) is 0 Å². The summed E-state index contributed by atoms with van der Waals surface area (Å²) in [6, 6.07) is 0. The summed E-state index contributed by atoms with van der Waals surface area (Å²) in [5, 5.41) is 0. The number of ketones is 1. The quantitative estimate of drug-likeness (QED) is 0.507. The fraction of sp³-hybridized carbons (Fsp3) is 0.880.